The SMILES string of the molecule is O=C(O)c1cc2cc(CNCCC3CCOC3)ccc2o1. The number of benzene rings is 1. The molecule has 0 radical (unpaired) electrons. The Bertz CT molecular complexity index is 628. The molecule has 1 aliphatic rings. The molecule has 5 nitrogen and oxygen atoms in total. The Kier molecular flexibility index (Phi) is 4.22. The summed E-state index contributed by atoms with van der Waals surface area (Å²) in [5, 5.41) is 13.2. The molecule has 2 heterocycles. The summed E-state index contributed by atoms with van der Waals surface area (Å²) in [7, 11) is 0. The first kappa shape index (κ1) is 14.1. The van der Waals surface area contributed by atoms with Gasteiger partial charge in [0.2, 0.25) is 5.76 Å². The van der Waals surface area contributed by atoms with Gasteiger partial charge in [-0.3, -0.25) is 0 Å². The number of hydrogen-bond acceptors (Lipinski definition) is 4. The second-order valence-electron chi connectivity index (χ2n) is 5.48. The largest absolute Gasteiger partial charge is 0.475 e. The van der Waals surface area contributed by atoms with Gasteiger partial charge >= 0.3 is 5.97 Å². The molecule has 0 spiro atoms. The second kappa shape index (κ2) is 6.28. The highest BCUT2D eigenvalue weighted by molar-refractivity contribution is 5.91. The van der Waals surface area contributed by atoms with Crippen molar-refractivity contribution in [1.82, 2.24) is 5.32 Å². The van der Waals surface area contributed by atoms with Crippen molar-refractivity contribution in [3.05, 3.63) is 35.6 Å². The van der Waals surface area contributed by atoms with E-state index < -0.39 is 5.97 Å². The van der Waals surface area contributed by atoms with E-state index in [-0.39, 0.29) is 5.76 Å². The molecule has 0 bridgehead atoms. The molecule has 1 atom stereocenters. The lowest BCUT2D eigenvalue weighted by atomic mass is 10.1. The molecular weight excluding hydrogens is 270 g/mol. The first-order valence-electron chi connectivity index (χ1n) is 7.26. The molecule has 0 amide bonds. The fourth-order valence-electron chi connectivity index (χ4n) is 2.66. The van der Waals surface area contributed by atoms with Gasteiger partial charge in [-0.15, -0.1) is 0 Å². The molecule has 1 aromatic carbocycles. The Morgan fingerprint density at radius 2 is 2.29 bits per heavy atom. The Hall–Kier alpha value is -1.85. The van der Waals surface area contributed by atoms with Gasteiger partial charge in [0.1, 0.15) is 5.58 Å². The smallest absolute Gasteiger partial charge is 0.371 e. The number of furan rings is 1. The van der Waals surface area contributed by atoms with Crippen molar-refractivity contribution in [3.8, 4) is 0 Å². The van der Waals surface area contributed by atoms with Gasteiger partial charge in [-0.1, -0.05) is 6.07 Å². The highest BCUT2D eigenvalue weighted by Gasteiger charge is 2.14. The molecule has 2 aromatic rings. The molecule has 0 aliphatic carbocycles. The number of hydrogen-bond donors (Lipinski definition) is 2. The van der Waals surface area contributed by atoms with E-state index >= 15 is 0 Å². The molecule has 0 saturated carbocycles. The van der Waals surface area contributed by atoms with Crippen molar-refractivity contribution < 1.29 is 19.1 Å². The monoisotopic (exact) mass is 289 g/mol. The summed E-state index contributed by atoms with van der Waals surface area (Å²) < 4.78 is 10.6. The van der Waals surface area contributed by atoms with Crippen molar-refractivity contribution in [2.75, 3.05) is 19.8 Å². The van der Waals surface area contributed by atoms with Gasteiger partial charge in [0.15, 0.2) is 0 Å². The number of nitrogens with one attached hydrogen (secondary N) is 1. The molecular formula is C16H19NO4. The van der Waals surface area contributed by atoms with Gasteiger partial charge in [-0.2, -0.15) is 0 Å². The first-order chi connectivity index (χ1) is 10.2. The van der Waals surface area contributed by atoms with Crippen LogP contribution in [0.2, 0.25) is 0 Å². The zero-order valence-corrected chi connectivity index (χ0v) is 11.8. The van der Waals surface area contributed by atoms with Crippen molar-refractivity contribution >= 4 is 16.9 Å². The van der Waals surface area contributed by atoms with Crippen molar-refractivity contribution in [2.24, 2.45) is 5.92 Å². The Labute approximate surface area is 122 Å². The first-order valence-corrected chi connectivity index (χ1v) is 7.26. The Morgan fingerprint density at radius 3 is 3.05 bits per heavy atom. The fourth-order valence-corrected chi connectivity index (χ4v) is 2.66. The van der Waals surface area contributed by atoms with Crippen molar-refractivity contribution in [3.63, 3.8) is 0 Å². The van der Waals surface area contributed by atoms with Crippen LogP contribution in [0.3, 0.4) is 0 Å². The normalized spacial score (nSPS) is 18.4. The molecule has 1 aromatic heterocycles. The minimum Gasteiger partial charge on any atom is -0.475 e. The van der Waals surface area contributed by atoms with Gasteiger partial charge in [-0.05, 0) is 49.1 Å². The average molecular weight is 289 g/mol. The van der Waals surface area contributed by atoms with Crippen LogP contribution in [0.25, 0.3) is 11.0 Å². The van der Waals surface area contributed by atoms with Crippen LogP contribution < -0.4 is 5.32 Å². The summed E-state index contributed by atoms with van der Waals surface area (Å²) in [6.07, 6.45) is 2.30. The van der Waals surface area contributed by atoms with E-state index in [0.717, 1.165) is 43.7 Å². The molecule has 1 saturated heterocycles. The lowest BCUT2D eigenvalue weighted by Gasteiger charge is -2.08. The highest BCUT2D eigenvalue weighted by Crippen LogP contribution is 2.21. The zero-order chi connectivity index (χ0) is 14.7. The molecule has 112 valence electrons. The number of carboxylic acids is 1. The van der Waals surface area contributed by atoms with Gasteiger partial charge in [-0.25, -0.2) is 4.79 Å². The third-order valence-electron chi connectivity index (χ3n) is 3.87. The lowest BCUT2D eigenvalue weighted by Crippen LogP contribution is -2.17. The zero-order valence-electron chi connectivity index (χ0n) is 11.8. The average Bonchev–Trinajstić information content (AvgIpc) is 3.12. The Morgan fingerprint density at radius 1 is 1.38 bits per heavy atom. The second-order valence-corrected chi connectivity index (χ2v) is 5.48. The summed E-state index contributed by atoms with van der Waals surface area (Å²) in [5.74, 6) is -0.368. The van der Waals surface area contributed by atoms with Crippen molar-refractivity contribution in [1.29, 1.82) is 0 Å². The van der Waals surface area contributed by atoms with Gasteiger partial charge in [0, 0.05) is 25.1 Å². The molecule has 1 aliphatic heterocycles. The number of fused-ring (bicyclic) bond motifs is 1. The minimum atomic E-state index is -1.04. The van der Waals surface area contributed by atoms with E-state index in [4.69, 9.17) is 14.3 Å². The quantitative estimate of drug-likeness (QED) is 0.800. The maximum atomic E-state index is 10.9. The predicted molar refractivity (Wildman–Crippen MR) is 78.4 cm³/mol. The van der Waals surface area contributed by atoms with Gasteiger partial charge in [0.25, 0.3) is 0 Å². The van der Waals surface area contributed by atoms with Crippen LogP contribution >= 0.6 is 0 Å². The highest BCUT2D eigenvalue weighted by atomic mass is 16.5. The van der Waals surface area contributed by atoms with E-state index in [1.54, 1.807) is 6.07 Å². The summed E-state index contributed by atoms with van der Waals surface area (Å²) in [4.78, 5) is 10.9. The topological polar surface area (TPSA) is 71.7 Å². The number of aromatic carboxylic acids is 1. The number of rotatable bonds is 6. The third-order valence-corrected chi connectivity index (χ3v) is 3.87. The summed E-state index contributed by atoms with van der Waals surface area (Å²) in [6, 6.07) is 7.32. The van der Waals surface area contributed by atoms with E-state index in [1.807, 2.05) is 18.2 Å². The van der Waals surface area contributed by atoms with Crippen LogP contribution in [0, 0.1) is 5.92 Å². The maximum Gasteiger partial charge on any atom is 0.371 e. The summed E-state index contributed by atoms with van der Waals surface area (Å²) in [5.41, 5.74) is 1.74. The van der Waals surface area contributed by atoms with Crippen LogP contribution in [0.4, 0.5) is 0 Å². The summed E-state index contributed by atoms with van der Waals surface area (Å²) in [6.45, 7) is 3.53. The molecule has 2 N–H and O–H groups in total. The standard InChI is InChI=1S/C16H19NO4/c18-16(19)15-8-13-7-12(1-2-14(13)21-15)9-17-5-3-11-4-6-20-10-11/h1-2,7-8,11,17H,3-6,9-10H2,(H,18,19). The number of carboxylic acid groups (broad SMARTS) is 1. The van der Waals surface area contributed by atoms with Crippen molar-refractivity contribution in [2.45, 2.75) is 19.4 Å². The van der Waals surface area contributed by atoms with Gasteiger partial charge < -0.3 is 19.6 Å². The van der Waals surface area contributed by atoms with Crippen LogP contribution in [0.1, 0.15) is 29.0 Å². The maximum absolute atomic E-state index is 10.9. The number of carbonyl (C=O) groups is 1. The summed E-state index contributed by atoms with van der Waals surface area (Å²) >= 11 is 0. The molecule has 1 fully saturated rings. The van der Waals surface area contributed by atoms with Crippen LogP contribution in [-0.4, -0.2) is 30.8 Å². The predicted octanol–water partition coefficient (Wildman–Crippen LogP) is 2.65. The van der Waals surface area contributed by atoms with E-state index in [9.17, 15) is 4.79 Å². The van der Waals surface area contributed by atoms with Crippen LogP contribution in [-0.2, 0) is 11.3 Å². The van der Waals surface area contributed by atoms with Crippen LogP contribution in [0.5, 0.6) is 0 Å². The number of ether oxygens (including phenoxy) is 1. The fraction of sp³-hybridized carbons (Fsp3) is 0.438. The molecule has 21 heavy (non-hydrogen) atoms. The molecule has 3 rings (SSSR count). The van der Waals surface area contributed by atoms with E-state index in [2.05, 4.69) is 5.32 Å². The Balaban J connectivity index is 1.55. The molecule has 1 unspecified atom stereocenters. The minimum absolute atomic E-state index is 0.0173. The van der Waals surface area contributed by atoms with Gasteiger partial charge in [0.05, 0.1) is 0 Å². The molecule has 5 heteroatoms. The van der Waals surface area contributed by atoms with E-state index in [0.29, 0.717) is 11.5 Å². The third kappa shape index (κ3) is 3.43. The lowest BCUT2D eigenvalue weighted by molar-refractivity contribution is 0.0665. The van der Waals surface area contributed by atoms with Crippen LogP contribution in [0.15, 0.2) is 28.7 Å². The van der Waals surface area contributed by atoms with E-state index in [1.165, 1.54) is 6.42 Å².